The van der Waals surface area contributed by atoms with E-state index in [0.29, 0.717) is 39.4 Å². The molecule has 0 atom stereocenters. The van der Waals surface area contributed by atoms with Gasteiger partial charge in [0.2, 0.25) is 0 Å². The van der Waals surface area contributed by atoms with E-state index in [1.165, 1.54) is 18.9 Å². The maximum atomic E-state index is 11.7. The molecule has 0 bridgehead atoms. The van der Waals surface area contributed by atoms with Crippen LogP contribution in [0, 0.1) is 0 Å². The zero-order chi connectivity index (χ0) is 27.9. The van der Waals surface area contributed by atoms with Gasteiger partial charge in [-0.2, -0.15) is 0 Å². The Morgan fingerprint density at radius 2 is 1.62 bits per heavy atom. The molecule has 0 aliphatic carbocycles. The normalized spacial score (nSPS) is 10.7. The Balaban J connectivity index is 1.61. The lowest BCUT2D eigenvalue weighted by molar-refractivity contribution is 0.0600. The van der Waals surface area contributed by atoms with Crippen LogP contribution in [0.3, 0.4) is 0 Å². The molecule has 39 heavy (non-hydrogen) atoms. The third-order valence-electron chi connectivity index (χ3n) is 6.42. The van der Waals surface area contributed by atoms with Crippen LogP contribution in [0.1, 0.15) is 21.5 Å². The molecule has 1 aromatic heterocycles. The number of nitrogens with two attached hydrogens (primary N) is 1. The molecule has 3 aromatic carbocycles. The second-order valence-corrected chi connectivity index (χ2v) is 9.58. The molecule has 0 aliphatic rings. The van der Waals surface area contributed by atoms with Gasteiger partial charge in [-0.15, -0.1) is 11.8 Å². The molecule has 0 saturated carbocycles. The Morgan fingerprint density at radius 1 is 0.897 bits per heavy atom. The van der Waals surface area contributed by atoms with Gasteiger partial charge in [-0.1, -0.05) is 30.3 Å². The third-order valence-corrected chi connectivity index (χ3v) is 7.12. The first kappa shape index (κ1) is 27.8. The van der Waals surface area contributed by atoms with Crippen LogP contribution in [-0.4, -0.2) is 50.6 Å². The first-order valence-corrected chi connectivity index (χ1v) is 13.5. The molecule has 0 saturated heterocycles. The van der Waals surface area contributed by atoms with Gasteiger partial charge in [-0.05, 0) is 60.6 Å². The fourth-order valence-electron chi connectivity index (χ4n) is 4.21. The lowest BCUT2D eigenvalue weighted by Crippen LogP contribution is -2.15. The average Bonchev–Trinajstić information content (AvgIpc) is 2.99. The van der Waals surface area contributed by atoms with Crippen LogP contribution in [0.25, 0.3) is 11.4 Å². The minimum absolute atomic E-state index is 0.335. The second kappa shape index (κ2) is 12.5. The van der Waals surface area contributed by atoms with Gasteiger partial charge in [-0.25, -0.2) is 14.8 Å². The molecule has 1 heterocycles. The Bertz CT molecular complexity index is 1460. The quantitative estimate of drug-likeness (QED) is 0.151. The highest BCUT2D eigenvalue weighted by molar-refractivity contribution is 7.98. The number of aromatic nitrogens is 2. The van der Waals surface area contributed by atoms with Crippen LogP contribution in [0.5, 0.6) is 11.5 Å². The van der Waals surface area contributed by atoms with Gasteiger partial charge in [0, 0.05) is 24.4 Å². The van der Waals surface area contributed by atoms with Crippen molar-refractivity contribution in [3.05, 3.63) is 83.4 Å². The molecule has 4 aromatic rings. The van der Waals surface area contributed by atoms with Crippen LogP contribution >= 0.6 is 11.8 Å². The van der Waals surface area contributed by atoms with Crippen molar-refractivity contribution in [2.24, 2.45) is 0 Å². The summed E-state index contributed by atoms with van der Waals surface area (Å²) in [4.78, 5) is 23.3. The SMILES string of the molecule is COC(=O)c1ccc(CCc2cccc(-c3nc(SC)c(N)c(N(C)c4ccc(OC)c(OC)c4)n3)c2)cc1. The van der Waals surface area contributed by atoms with Crippen LogP contribution in [0.2, 0.25) is 0 Å². The van der Waals surface area contributed by atoms with Gasteiger partial charge < -0.3 is 24.8 Å². The summed E-state index contributed by atoms with van der Waals surface area (Å²) >= 11 is 1.48. The van der Waals surface area contributed by atoms with Crippen LogP contribution in [0.15, 0.2) is 71.8 Å². The van der Waals surface area contributed by atoms with Crippen molar-refractivity contribution in [2.75, 3.05) is 45.3 Å². The number of carbonyl (C=O) groups is 1. The van der Waals surface area contributed by atoms with Crippen LogP contribution in [0.4, 0.5) is 17.2 Å². The number of thioether (sulfide) groups is 1. The maximum absolute atomic E-state index is 11.7. The number of benzene rings is 3. The second-order valence-electron chi connectivity index (χ2n) is 8.78. The largest absolute Gasteiger partial charge is 0.493 e. The number of ether oxygens (including phenoxy) is 3. The van der Waals surface area contributed by atoms with Crippen molar-refractivity contribution < 1.29 is 19.0 Å². The van der Waals surface area contributed by atoms with Gasteiger partial charge in [0.05, 0.1) is 26.9 Å². The number of carbonyl (C=O) groups excluding carboxylic acids is 1. The van der Waals surface area contributed by atoms with Gasteiger partial charge in [0.15, 0.2) is 23.1 Å². The molecule has 202 valence electrons. The van der Waals surface area contributed by atoms with Gasteiger partial charge in [-0.3, -0.25) is 0 Å². The summed E-state index contributed by atoms with van der Waals surface area (Å²) < 4.78 is 15.6. The van der Waals surface area contributed by atoms with Crippen molar-refractivity contribution >= 4 is 34.9 Å². The zero-order valence-electron chi connectivity index (χ0n) is 22.7. The topological polar surface area (TPSA) is 99.8 Å². The number of aryl methyl sites for hydroxylation is 2. The van der Waals surface area contributed by atoms with E-state index in [9.17, 15) is 4.79 Å². The number of hydrogen-bond acceptors (Lipinski definition) is 9. The zero-order valence-corrected chi connectivity index (χ0v) is 23.5. The molecule has 9 heteroatoms. The number of hydrogen-bond donors (Lipinski definition) is 1. The molecule has 0 radical (unpaired) electrons. The Labute approximate surface area is 233 Å². The number of nitrogen functional groups attached to an aromatic ring is 1. The monoisotopic (exact) mass is 544 g/mol. The number of esters is 1. The molecular weight excluding hydrogens is 512 g/mol. The van der Waals surface area contributed by atoms with E-state index in [0.717, 1.165) is 35.2 Å². The van der Waals surface area contributed by atoms with Gasteiger partial charge in [0.25, 0.3) is 0 Å². The Morgan fingerprint density at radius 3 is 2.28 bits per heavy atom. The Hall–Kier alpha value is -4.24. The van der Waals surface area contributed by atoms with E-state index in [-0.39, 0.29) is 5.97 Å². The maximum Gasteiger partial charge on any atom is 0.337 e. The standard InChI is InChI=1S/C30H32N4O4S/c1-34(23-15-16-24(36-2)25(18-23)37-3)28-26(31)29(39-5)33-27(32-28)22-8-6-7-20(17-22)10-9-19-11-13-21(14-12-19)30(35)38-4/h6-8,11-18H,9-10,31H2,1-5H3. The summed E-state index contributed by atoms with van der Waals surface area (Å²) in [5.41, 5.74) is 11.6. The molecule has 2 N–H and O–H groups in total. The summed E-state index contributed by atoms with van der Waals surface area (Å²) in [6, 6.07) is 21.4. The van der Waals surface area contributed by atoms with E-state index in [2.05, 4.69) is 12.1 Å². The van der Waals surface area contributed by atoms with Crippen LogP contribution in [-0.2, 0) is 17.6 Å². The van der Waals surface area contributed by atoms with Crippen molar-refractivity contribution in [3.8, 4) is 22.9 Å². The number of methoxy groups -OCH3 is 3. The molecule has 0 spiro atoms. The van der Waals surface area contributed by atoms with E-state index in [1.54, 1.807) is 26.4 Å². The molecule has 0 unspecified atom stereocenters. The van der Waals surface area contributed by atoms with E-state index in [1.807, 2.05) is 60.7 Å². The summed E-state index contributed by atoms with van der Waals surface area (Å²) in [7, 11) is 6.51. The van der Waals surface area contributed by atoms with Gasteiger partial charge >= 0.3 is 5.97 Å². The smallest absolute Gasteiger partial charge is 0.337 e. The highest BCUT2D eigenvalue weighted by Crippen LogP contribution is 2.38. The third kappa shape index (κ3) is 6.26. The number of rotatable bonds is 10. The van der Waals surface area contributed by atoms with Crippen molar-refractivity contribution in [3.63, 3.8) is 0 Å². The first-order valence-electron chi connectivity index (χ1n) is 12.3. The summed E-state index contributed by atoms with van der Waals surface area (Å²) in [6.45, 7) is 0. The summed E-state index contributed by atoms with van der Waals surface area (Å²) in [5.74, 6) is 2.13. The fourth-order valence-corrected chi connectivity index (χ4v) is 4.70. The highest BCUT2D eigenvalue weighted by atomic mass is 32.2. The minimum Gasteiger partial charge on any atom is -0.493 e. The first-order chi connectivity index (χ1) is 18.9. The van der Waals surface area contributed by atoms with Crippen molar-refractivity contribution in [1.82, 2.24) is 9.97 Å². The molecule has 0 aliphatic heterocycles. The average molecular weight is 545 g/mol. The number of nitrogens with zero attached hydrogens (tertiary/aromatic N) is 3. The van der Waals surface area contributed by atoms with Crippen molar-refractivity contribution in [2.45, 2.75) is 17.9 Å². The summed E-state index contributed by atoms with van der Waals surface area (Å²) in [5, 5.41) is 0.707. The fraction of sp³-hybridized carbons (Fsp3) is 0.233. The lowest BCUT2D eigenvalue weighted by atomic mass is 10.0. The Kier molecular flexibility index (Phi) is 8.93. The van der Waals surface area contributed by atoms with Crippen LogP contribution < -0.4 is 20.1 Å². The van der Waals surface area contributed by atoms with Crippen molar-refractivity contribution in [1.29, 1.82) is 0 Å². The number of anilines is 3. The van der Waals surface area contributed by atoms with E-state index in [4.69, 9.17) is 29.9 Å². The molecule has 8 nitrogen and oxygen atoms in total. The predicted molar refractivity (Wildman–Crippen MR) is 156 cm³/mol. The lowest BCUT2D eigenvalue weighted by Gasteiger charge is -2.23. The van der Waals surface area contributed by atoms with E-state index < -0.39 is 0 Å². The summed E-state index contributed by atoms with van der Waals surface area (Å²) in [6.07, 6.45) is 3.61. The van der Waals surface area contributed by atoms with E-state index >= 15 is 0 Å². The molecular formula is C30H32N4O4S. The van der Waals surface area contributed by atoms with Gasteiger partial charge in [0.1, 0.15) is 10.7 Å². The minimum atomic E-state index is -0.335. The predicted octanol–water partition coefficient (Wildman–Crippen LogP) is 5.80. The highest BCUT2D eigenvalue weighted by Gasteiger charge is 2.18. The molecule has 0 fully saturated rings. The molecule has 4 rings (SSSR count). The molecule has 0 amide bonds.